The lowest BCUT2D eigenvalue weighted by Gasteiger charge is -2.15. The molecule has 3 N–H and O–H groups in total. The van der Waals surface area contributed by atoms with Crippen LogP contribution in [-0.4, -0.2) is 41.3 Å². The Bertz CT molecular complexity index is 1560. The van der Waals surface area contributed by atoms with Gasteiger partial charge in [-0.1, -0.05) is 0 Å². The van der Waals surface area contributed by atoms with Crippen molar-refractivity contribution in [1.82, 2.24) is 24.5 Å². The van der Waals surface area contributed by atoms with Gasteiger partial charge in [0.15, 0.2) is 0 Å². The molecule has 0 saturated carbocycles. The molecule has 2 amide bonds. The van der Waals surface area contributed by atoms with E-state index >= 15 is 0 Å². The van der Waals surface area contributed by atoms with E-state index in [2.05, 4.69) is 20.5 Å². The van der Waals surface area contributed by atoms with Crippen LogP contribution in [0.4, 0.5) is 24.5 Å². The maximum absolute atomic E-state index is 13.7. The van der Waals surface area contributed by atoms with Gasteiger partial charge in [-0.3, -0.25) is 29.1 Å². The molecule has 12 nitrogen and oxygen atoms in total. The molecule has 16 heteroatoms. The number of halogens is 3. The van der Waals surface area contributed by atoms with Gasteiger partial charge in [0.1, 0.15) is 33.8 Å². The first kappa shape index (κ1) is 25.7. The van der Waals surface area contributed by atoms with Gasteiger partial charge in [0.05, 0.1) is 16.8 Å². The predicted octanol–water partition coefficient (Wildman–Crippen LogP) is 3.91. The molecule has 1 unspecified atom stereocenters. The smallest absolute Gasteiger partial charge is 0.365 e. The highest BCUT2D eigenvalue weighted by molar-refractivity contribution is 7.21. The molecule has 0 bridgehead atoms. The van der Waals surface area contributed by atoms with Crippen LogP contribution in [0.15, 0.2) is 24.7 Å². The monoisotopic (exact) mass is 536 g/mol. The van der Waals surface area contributed by atoms with Gasteiger partial charge in [0.2, 0.25) is 5.91 Å². The van der Waals surface area contributed by atoms with E-state index in [1.165, 1.54) is 13.1 Å². The Kier molecular flexibility index (Phi) is 6.45. The van der Waals surface area contributed by atoms with E-state index in [0.717, 1.165) is 23.1 Å². The van der Waals surface area contributed by atoms with E-state index < -0.39 is 34.6 Å². The van der Waals surface area contributed by atoms with Gasteiger partial charge < -0.3 is 11.1 Å². The van der Waals surface area contributed by atoms with Gasteiger partial charge in [-0.15, -0.1) is 11.3 Å². The lowest BCUT2D eigenvalue weighted by Crippen LogP contribution is -2.25. The number of carbonyl (C=O) groups excluding carboxylic acids is 2. The number of amides is 2. The number of primary amides is 1. The summed E-state index contributed by atoms with van der Waals surface area (Å²) < 4.78 is 43.8. The zero-order valence-corrected chi connectivity index (χ0v) is 20.3. The maximum atomic E-state index is 13.7. The van der Waals surface area contributed by atoms with Crippen LogP contribution in [0.5, 0.6) is 0 Å². The van der Waals surface area contributed by atoms with Crippen molar-refractivity contribution in [3.8, 4) is 11.1 Å². The second-order valence-electron chi connectivity index (χ2n) is 7.96. The van der Waals surface area contributed by atoms with Crippen LogP contribution in [0.25, 0.3) is 21.3 Å². The minimum Gasteiger partial charge on any atom is -0.365 e. The summed E-state index contributed by atoms with van der Waals surface area (Å²) in [5.41, 5.74) is 4.82. The Balaban J connectivity index is 1.91. The maximum Gasteiger partial charge on any atom is 0.433 e. The third-order valence-corrected chi connectivity index (χ3v) is 6.79. The SMILES string of the molecule is CCn1ncc(-c2cc(C(F)(F)F)nc3sc(C(N)=O)c(NC(=O)C(C)n4cc([N+](=O)[O-])cn4)c23)c1C. The molecular formula is C21H19F3N8O4S. The van der Waals surface area contributed by atoms with E-state index in [-0.39, 0.29) is 32.0 Å². The average molecular weight is 536 g/mol. The van der Waals surface area contributed by atoms with E-state index in [0.29, 0.717) is 29.1 Å². The first-order valence-electron chi connectivity index (χ1n) is 10.7. The fourth-order valence-corrected chi connectivity index (χ4v) is 4.77. The molecule has 0 aliphatic heterocycles. The number of fused-ring (bicyclic) bond motifs is 1. The number of aryl methyl sites for hydroxylation is 1. The Hall–Kier alpha value is -4.34. The summed E-state index contributed by atoms with van der Waals surface area (Å²) in [5.74, 6) is -1.73. The summed E-state index contributed by atoms with van der Waals surface area (Å²) in [6.07, 6.45) is -1.38. The highest BCUT2D eigenvalue weighted by Crippen LogP contribution is 2.44. The summed E-state index contributed by atoms with van der Waals surface area (Å²) in [5, 5.41) is 21.6. The van der Waals surface area contributed by atoms with Gasteiger partial charge in [-0.05, 0) is 32.4 Å². The second-order valence-corrected chi connectivity index (χ2v) is 8.96. The van der Waals surface area contributed by atoms with Crippen LogP contribution in [0.2, 0.25) is 0 Å². The van der Waals surface area contributed by atoms with Crippen molar-refractivity contribution in [2.45, 2.75) is 39.5 Å². The molecule has 0 aliphatic rings. The van der Waals surface area contributed by atoms with Crippen LogP contribution in [-0.2, 0) is 17.5 Å². The number of anilines is 1. The number of hydrogen-bond acceptors (Lipinski definition) is 8. The second kappa shape index (κ2) is 9.27. The number of aromatic nitrogens is 5. The molecule has 0 aliphatic carbocycles. The summed E-state index contributed by atoms with van der Waals surface area (Å²) in [6.45, 7) is 5.35. The highest BCUT2D eigenvalue weighted by atomic mass is 32.1. The molecule has 0 fully saturated rings. The number of nitrogens with two attached hydrogens (primary N) is 1. The van der Waals surface area contributed by atoms with Crippen LogP contribution in [0.3, 0.4) is 0 Å². The fourth-order valence-electron chi connectivity index (χ4n) is 3.76. The lowest BCUT2D eigenvalue weighted by molar-refractivity contribution is -0.385. The number of pyridine rings is 1. The summed E-state index contributed by atoms with van der Waals surface area (Å²) in [6, 6.07) is -0.250. The number of rotatable bonds is 7. The van der Waals surface area contributed by atoms with Crippen molar-refractivity contribution in [3.05, 3.63) is 51.0 Å². The van der Waals surface area contributed by atoms with E-state index in [9.17, 15) is 32.9 Å². The van der Waals surface area contributed by atoms with Crippen molar-refractivity contribution >= 4 is 44.7 Å². The normalized spacial score (nSPS) is 12.6. The molecule has 0 spiro atoms. The Labute approximate surface area is 210 Å². The third kappa shape index (κ3) is 4.62. The number of alkyl halides is 3. The summed E-state index contributed by atoms with van der Waals surface area (Å²) >= 11 is 0.608. The summed E-state index contributed by atoms with van der Waals surface area (Å²) in [4.78, 5) is 39.0. The van der Waals surface area contributed by atoms with Crippen molar-refractivity contribution in [3.63, 3.8) is 0 Å². The van der Waals surface area contributed by atoms with Gasteiger partial charge in [-0.2, -0.15) is 23.4 Å². The number of nitrogens with zero attached hydrogens (tertiary/aromatic N) is 6. The Morgan fingerprint density at radius 2 is 1.97 bits per heavy atom. The fraction of sp³-hybridized carbons (Fsp3) is 0.286. The van der Waals surface area contributed by atoms with Crippen LogP contribution in [0.1, 0.15) is 40.9 Å². The van der Waals surface area contributed by atoms with Crippen LogP contribution < -0.4 is 11.1 Å². The van der Waals surface area contributed by atoms with Crippen molar-refractivity contribution in [1.29, 1.82) is 0 Å². The molecular weight excluding hydrogens is 517 g/mol. The van der Waals surface area contributed by atoms with Gasteiger partial charge in [-0.25, -0.2) is 4.98 Å². The molecule has 194 valence electrons. The van der Waals surface area contributed by atoms with Crippen LogP contribution >= 0.6 is 11.3 Å². The zero-order chi connectivity index (χ0) is 27.2. The van der Waals surface area contributed by atoms with Crippen molar-refractivity contribution in [2.24, 2.45) is 5.73 Å². The number of carbonyl (C=O) groups is 2. The number of thiophene rings is 1. The highest BCUT2D eigenvalue weighted by Gasteiger charge is 2.36. The van der Waals surface area contributed by atoms with E-state index in [1.807, 2.05) is 6.92 Å². The molecule has 0 radical (unpaired) electrons. The molecule has 4 heterocycles. The number of nitro groups is 1. The zero-order valence-electron chi connectivity index (χ0n) is 19.5. The molecule has 4 rings (SSSR count). The first-order valence-corrected chi connectivity index (χ1v) is 11.5. The molecule has 0 saturated heterocycles. The van der Waals surface area contributed by atoms with Crippen LogP contribution in [0, 0.1) is 17.0 Å². The molecule has 4 aromatic rings. The van der Waals surface area contributed by atoms with E-state index in [4.69, 9.17) is 5.73 Å². The predicted molar refractivity (Wildman–Crippen MR) is 127 cm³/mol. The average Bonchev–Trinajstić information content (AvgIpc) is 3.54. The van der Waals surface area contributed by atoms with Gasteiger partial charge in [0, 0.05) is 23.2 Å². The molecule has 4 aromatic heterocycles. The molecule has 1 atom stereocenters. The van der Waals surface area contributed by atoms with Gasteiger partial charge in [0.25, 0.3) is 5.91 Å². The third-order valence-electron chi connectivity index (χ3n) is 5.69. The quantitative estimate of drug-likeness (QED) is 0.267. The van der Waals surface area contributed by atoms with Crippen molar-refractivity contribution in [2.75, 3.05) is 5.32 Å². The topological polar surface area (TPSA) is 164 Å². The minimum absolute atomic E-state index is 0.0518. The number of hydrogen-bond donors (Lipinski definition) is 2. The standard InChI is InChI=1S/C21H19F3N8O4S/c1-4-30-9(2)13(7-27-30)12-5-14(21(22,23)24)28-20-15(12)16(17(37-20)18(25)33)29-19(34)10(3)31-8-11(6-26-31)32(35)36/h5-8,10H,4H2,1-3H3,(H2,25,33)(H,29,34). The first-order chi connectivity index (χ1) is 17.3. The lowest BCUT2D eigenvalue weighted by atomic mass is 10.0. The largest absolute Gasteiger partial charge is 0.433 e. The Morgan fingerprint density at radius 1 is 1.27 bits per heavy atom. The molecule has 0 aromatic carbocycles. The van der Waals surface area contributed by atoms with E-state index in [1.54, 1.807) is 11.6 Å². The minimum atomic E-state index is -4.79. The summed E-state index contributed by atoms with van der Waals surface area (Å²) in [7, 11) is 0. The Morgan fingerprint density at radius 3 is 2.51 bits per heavy atom. The van der Waals surface area contributed by atoms with Gasteiger partial charge >= 0.3 is 11.9 Å². The molecule has 37 heavy (non-hydrogen) atoms. The number of nitrogens with one attached hydrogen (secondary N) is 1. The van der Waals surface area contributed by atoms with Crippen molar-refractivity contribution < 1.29 is 27.7 Å².